The standard InChI is InChI=1S/C17H12N2O6/c20-16-11-4-3-6-13(19(22)23)15(11)17(21)18(16)12-5-1-2-7-14(12)25-9-10-8-24-10/h1-7,10H,8-9H2. The fourth-order valence-corrected chi connectivity index (χ4v) is 2.75. The second-order valence-electron chi connectivity index (χ2n) is 5.64. The number of imide groups is 1. The van der Waals surface area contributed by atoms with E-state index in [4.69, 9.17) is 9.47 Å². The minimum atomic E-state index is -0.731. The van der Waals surface area contributed by atoms with Crippen molar-refractivity contribution in [3.63, 3.8) is 0 Å². The number of fused-ring (bicyclic) bond motifs is 1. The molecule has 2 heterocycles. The van der Waals surface area contributed by atoms with E-state index < -0.39 is 16.7 Å². The van der Waals surface area contributed by atoms with E-state index in [1.54, 1.807) is 24.3 Å². The van der Waals surface area contributed by atoms with Gasteiger partial charge in [0.2, 0.25) is 0 Å². The summed E-state index contributed by atoms with van der Waals surface area (Å²) in [4.78, 5) is 36.9. The summed E-state index contributed by atoms with van der Waals surface area (Å²) in [5.74, 6) is -0.997. The number of ether oxygens (including phenoxy) is 2. The topological polar surface area (TPSA) is 102 Å². The van der Waals surface area contributed by atoms with Crippen LogP contribution in [0.25, 0.3) is 0 Å². The van der Waals surface area contributed by atoms with Crippen LogP contribution in [0.15, 0.2) is 42.5 Å². The van der Waals surface area contributed by atoms with Gasteiger partial charge in [-0.05, 0) is 18.2 Å². The van der Waals surface area contributed by atoms with E-state index in [-0.39, 0.29) is 28.6 Å². The summed E-state index contributed by atoms with van der Waals surface area (Å²) in [6.07, 6.45) is 0.0105. The molecule has 0 aliphatic carbocycles. The van der Waals surface area contributed by atoms with Crippen LogP contribution in [0.5, 0.6) is 5.75 Å². The molecule has 0 radical (unpaired) electrons. The predicted octanol–water partition coefficient (Wildman–Crippen LogP) is 2.17. The van der Waals surface area contributed by atoms with Gasteiger partial charge in [0.05, 0.1) is 22.8 Å². The van der Waals surface area contributed by atoms with Crippen molar-refractivity contribution in [1.82, 2.24) is 0 Å². The largest absolute Gasteiger partial charge is 0.489 e. The number of amides is 2. The zero-order valence-electron chi connectivity index (χ0n) is 12.9. The molecule has 1 fully saturated rings. The fourth-order valence-electron chi connectivity index (χ4n) is 2.75. The van der Waals surface area contributed by atoms with Crippen LogP contribution in [-0.4, -0.2) is 36.1 Å². The summed E-state index contributed by atoms with van der Waals surface area (Å²) in [7, 11) is 0. The number of anilines is 1. The number of rotatable bonds is 5. The maximum atomic E-state index is 12.8. The SMILES string of the molecule is O=C1c2cccc([N+](=O)[O-])c2C(=O)N1c1ccccc1OCC1CO1. The van der Waals surface area contributed by atoms with Gasteiger partial charge in [0.1, 0.15) is 24.0 Å². The lowest BCUT2D eigenvalue weighted by molar-refractivity contribution is -0.385. The lowest BCUT2D eigenvalue weighted by Gasteiger charge is -2.18. The normalized spacial score (nSPS) is 18.2. The van der Waals surface area contributed by atoms with Crippen LogP contribution < -0.4 is 9.64 Å². The predicted molar refractivity (Wildman–Crippen MR) is 85.9 cm³/mol. The molecule has 25 heavy (non-hydrogen) atoms. The van der Waals surface area contributed by atoms with Gasteiger partial charge in [-0.2, -0.15) is 0 Å². The Kier molecular flexibility index (Phi) is 3.47. The summed E-state index contributed by atoms with van der Waals surface area (Å²) < 4.78 is 10.7. The molecule has 2 aromatic carbocycles. The number of nitrogens with zero attached hydrogens (tertiary/aromatic N) is 2. The Balaban J connectivity index is 1.75. The first kappa shape index (κ1) is 15.3. The van der Waals surface area contributed by atoms with Crippen LogP contribution in [0.3, 0.4) is 0 Å². The summed E-state index contributed by atoms with van der Waals surface area (Å²) in [5.41, 5.74) is -0.316. The highest BCUT2D eigenvalue weighted by atomic mass is 16.6. The fraction of sp³-hybridized carbons (Fsp3) is 0.176. The van der Waals surface area contributed by atoms with Crippen molar-refractivity contribution < 1.29 is 24.0 Å². The van der Waals surface area contributed by atoms with Crippen LogP contribution in [0, 0.1) is 10.1 Å². The van der Waals surface area contributed by atoms with E-state index in [1.165, 1.54) is 18.2 Å². The van der Waals surface area contributed by atoms with Crippen molar-refractivity contribution >= 4 is 23.2 Å². The Morgan fingerprint density at radius 2 is 1.92 bits per heavy atom. The first-order valence-electron chi connectivity index (χ1n) is 7.57. The second kappa shape index (κ2) is 5.67. The molecule has 0 saturated carbocycles. The van der Waals surface area contributed by atoms with E-state index in [9.17, 15) is 19.7 Å². The number of epoxide rings is 1. The Hall–Kier alpha value is -3.26. The number of para-hydroxylation sites is 2. The first-order valence-corrected chi connectivity index (χ1v) is 7.57. The average molecular weight is 340 g/mol. The Morgan fingerprint density at radius 3 is 2.64 bits per heavy atom. The number of carbonyl (C=O) groups is 2. The molecule has 2 aliphatic rings. The Bertz CT molecular complexity index is 906. The van der Waals surface area contributed by atoms with Gasteiger partial charge in [0.15, 0.2) is 0 Å². The van der Waals surface area contributed by atoms with Crippen LogP contribution >= 0.6 is 0 Å². The highest BCUT2D eigenvalue weighted by Gasteiger charge is 2.42. The molecule has 8 nitrogen and oxygen atoms in total. The number of carbonyl (C=O) groups excluding carboxylic acids is 2. The summed E-state index contributed by atoms with van der Waals surface area (Å²) in [6, 6.07) is 10.6. The molecular formula is C17H12N2O6. The molecule has 1 atom stereocenters. The third-order valence-electron chi connectivity index (χ3n) is 4.02. The molecule has 1 saturated heterocycles. The third-order valence-corrected chi connectivity index (χ3v) is 4.02. The zero-order chi connectivity index (χ0) is 17.6. The van der Waals surface area contributed by atoms with Gasteiger partial charge >= 0.3 is 0 Å². The van der Waals surface area contributed by atoms with Crippen LogP contribution in [-0.2, 0) is 4.74 Å². The summed E-state index contributed by atoms with van der Waals surface area (Å²) >= 11 is 0. The van der Waals surface area contributed by atoms with Gasteiger partial charge < -0.3 is 9.47 Å². The van der Waals surface area contributed by atoms with Gasteiger partial charge in [-0.3, -0.25) is 19.7 Å². The number of hydrogen-bond acceptors (Lipinski definition) is 6. The highest BCUT2D eigenvalue weighted by Crippen LogP contribution is 2.38. The van der Waals surface area contributed by atoms with Crippen LogP contribution in [0.2, 0.25) is 0 Å². The smallest absolute Gasteiger partial charge is 0.283 e. The highest BCUT2D eigenvalue weighted by molar-refractivity contribution is 6.36. The van der Waals surface area contributed by atoms with Gasteiger partial charge in [0.25, 0.3) is 17.5 Å². The number of nitro groups is 1. The lowest BCUT2D eigenvalue weighted by atomic mass is 10.1. The molecule has 0 spiro atoms. The zero-order valence-corrected chi connectivity index (χ0v) is 12.9. The van der Waals surface area contributed by atoms with E-state index in [2.05, 4.69) is 0 Å². The molecular weight excluding hydrogens is 328 g/mol. The molecule has 8 heteroatoms. The van der Waals surface area contributed by atoms with E-state index in [1.807, 2.05) is 0 Å². The Labute approximate surface area is 141 Å². The first-order chi connectivity index (χ1) is 12.1. The van der Waals surface area contributed by atoms with Gasteiger partial charge in [0, 0.05) is 6.07 Å². The third kappa shape index (κ3) is 2.52. The molecule has 126 valence electrons. The molecule has 0 N–H and O–H groups in total. The van der Waals surface area contributed by atoms with Crippen molar-refractivity contribution in [2.24, 2.45) is 0 Å². The van der Waals surface area contributed by atoms with E-state index in [0.29, 0.717) is 19.0 Å². The Morgan fingerprint density at radius 1 is 1.16 bits per heavy atom. The van der Waals surface area contributed by atoms with Crippen LogP contribution in [0.4, 0.5) is 11.4 Å². The van der Waals surface area contributed by atoms with Crippen molar-refractivity contribution in [2.45, 2.75) is 6.10 Å². The number of benzene rings is 2. The van der Waals surface area contributed by atoms with E-state index >= 15 is 0 Å². The van der Waals surface area contributed by atoms with Gasteiger partial charge in [-0.1, -0.05) is 18.2 Å². The number of hydrogen-bond donors (Lipinski definition) is 0. The molecule has 2 aromatic rings. The minimum Gasteiger partial charge on any atom is -0.489 e. The van der Waals surface area contributed by atoms with E-state index in [0.717, 1.165) is 4.90 Å². The second-order valence-corrected chi connectivity index (χ2v) is 5.64. The lowest BCUT2D eigenvalue weighted by Crippen LogP contribution is -2.30. The molecule has 4 rings (SSSR count). The van der Waals surface area contributed by atoms with Crippen molar-refractivity contribution in [2.75, 3.05) is 18.1 Å². The molecule has 2 aliphatic heterocycles. The van der Waals surface area contributed by atoms with Gasteiger partial charge in [-0.15, -0.1) is 0 Å². The maximum absolute atomic E-state index is 12.8. The van der Waals surface area contributed by atoms with Crippen molar-refractivity contribution in [3.05, 3.63) is 63.7 Å². The minimum absolute atomic E-state index is 0.0105. The quantitative estimate of drug-likeness (QED) is 0.358. The molecule has 2 amide bonds. The van der Waals surface area contributed by atoms with Crippen LogP contribution in [0.1, 0.15) is 20.7 Å². The summed E-state index contributed by atoms with van der Waals surface area (Å²) in [6.45, 7) is 0.918. The monoisotopic (exact) mass is 340 g/mol. The number of nitro benzene ring substituents is 1. The average Bonchev–Trinajstić information content (AvgIpc) is 3.40. The summed E-state index contributed by atoms with van der Waals surface area (Å²) in [5, 5.41) is 11.2. The molecule has 0 bridgehead atoms. The maximum Gasteiger partial charge on any atom is 0.283 e. The van der Waals surface area contributed by atoms with Crippen molar-refractivity contribution in [1.29, 1.82) is 0 Å². The molecule has 0 aromatic heterocycles. The molecule has 1 unspecified atom stereocenters. The van der Waals surface area contributed by atoms with Crippen molar-refractivity contribution in [3.8, 4) is 5.75 Å². The van der Waals surface area contributed by atoms with Gasteiger partial charge in [-0.25, -0.2) is 4.90 Å².